The Labute approximate surface area is 84.1 Å². The first-order valence-electron chi connectivity index (χ1n) is 4.76. The first kappa shape index (κ1) is 10.8. The van der Waals surface area contributed by atoms with Crippen molar-refractivity contribution in [3.05, 3.63) is 23.2 Å². The van der Waals surface area contributed by atoms with Gasteiger partial charge in [-0.05, 0) is 12.3 Å². The highest BCUT2D eigenvalue weighted by molar-refractivity contribution is 6.09. The molecule has 0 radical (unpaired) electrons. The lowest BCUT2D eigenvalue weighted by Crippen LogP contribution is -2.19. The van der Waals surface area contributed by atoms with E-state index in [0.29, 0.717) is 24.0 Å². The quantitative estimate of drug-likeness (QED) is 0.544. The van der Waals surface area contributed by atoms with Crippen LogP contribution in [0.15, 0.2) is 23.2 Å². The van der Waals surface area contributed by atoms with Crippen LogP contribution in [0.3, 0.4) is 0 Å². The summed E-state index contributed by atoms with van der Waals surface area (Å²) in [5.74, 6) is 0.814. The highest BCUT2D eigenvalue weighted by atomic mass is 16.5. The summed E-state index contributed by atoms with van der Waals surface area (Å²) < 4.78 is 5.18. The van der Waals surface area contributed by atoms with Crippen LogP contribution in [0.4, 0.5) is 0 Å². The Morgan fingerprint density at radius 1 is 1.43 bits per heavy atom. The molecular formula is C11H16O3. The number of ether oxygens (including phenoxy) is 1. The molecular weight excluding hydrogens is 180 g/mol. The molecule has 0 heterocycles. The second-order valence-corrected chi connectivity index (χ2v) is 3.68. The average Bonchev–Trinajstić information content (AvgIpc) is 2.16. The fourth-order valence-electron chi connectivity index (χ4n) is 1.72. The number of aliphatic hydroxyl groups excluding tert-OH is 1. The third-order valence-corrected chi connectivity index (χ3v) is 2.44. The molecule has 1 N–H and O–H groups in total. The van der Waals surface area contributed by atoms with Crippen LogP contribution >= 0.6 is 0 Å². The van der Waals surface area contributed by atoms with Crippen molar-refractivity contribution in [3.63, 3.8) is 0 Å². The molecule has 0 unspecified atom stereocenters. The zero-order valence-corrected chi connectivity index (χ0v) is 8.83. The van der Waals surface area contributed by atoms with Crippen molar-refractivity contribution < 1.29 is 14.6 Å². The molecule has 14 heavy (non-hydrogen) atoms. The van der Waals surface area contributed by atoms with Gasteiger partial charge in [0.25, 0.3) is 0 Å². The fourth-order valence-corrected chi connectivity index (χ4v) is 1.72. The summed E-state index contributed by atoms with van der Waals surface area (Å²) in [6.45, 7) is 3.90. The van der Waals surface area contributed by atoms with Gasteiger partial charge in [-0.3, -0.25) is 4.79 Å². The number of carbonyl (C=O) groups is 1. The van der Waals surface area contributed by atoms with Crippen LogP contribution in [-0.2, 0) is 9.53 Å². The molecule has 0 saturated carbocycles. The van der Waals surface area contributed by atoms with Gasteiger partial charge in [-0.2, -0.15) is 0 Å². The molecule has 0 amide bonds. The lowest BCUT2D eigenvalue weighted by atomic mass is 9.86. The lowest BCUT2D eigenvalue weighted by molar-refractivity contribution is -0.113. The summed E-state index contributed by atoms with van der Waals surface area (Å²) in [6, 6.07) is 0. The molecule has 0 bridgehead atoms. The van der Waals surface area contributed by atoms with Crippen LogP contribution in [0.5, 0.6) is 0 Å². The maximum Gasteiger partial charge on any atom is 0.191 e. The van der Waals surface area contributed by atoms with Crippen molar-refractivity contribution >= 4 is 5.78 Å². The molecule has 0 atom stereocenters. The molecule has 0 saturated heterocycles. The third-order valence-electron chi connectivity index (χ3n) is 2.44. The molecule has 0 spiro atoms. The third kappa shape index (κ3) is 1.81. The molecule has 0 aromatic rings. The van der Waals surface area contributed by atoms with Gasteiger partial charge in [0, 0.05) is 17.6 Å². The first-order valence-corrected chi connectivity index (χ1v) is 4.76. The van der Waals surface area contributed by atoms with Gasteiger partial charge in [0.1, 0.15) is 5.76 Å². The van der Waals surface area contributed by atoms with E-state index in [9.17, 15) is 4.79 Å². The van der Waals surface area contributed by atoms with E-state index in [1.54, 1.807) is 7.11 Å². The topological polar surface area (TPSA) is 46.5 Å². The summed E-state index contributed by atoms with van der Waals surface area (Å²) in [5, 5.41) is 8.87. The standard InChI is InChI=1S/C11H16O3/c1-7(2)10-9(14-3)5-4-8(6-12)11(10)13/h6-7,12H,4-5H2,1-3H3. The highest BCUT2D eigenvalue weighted by Gasteiger charge is 2.27. The Morgan fingerprint density at radius 3 is 2.50 bits per heavy atom. The van der Waals surface area contributed by atoms with E-state index in [0.717, 1.165) is 12.0 Å². The summed E-state index contributed by atoms with van der Waals surface area (Å²) >= 11 is 0. The SMILES string of the molecule is COC1=C(C(C)C)C(=O)C(=CO)CC1. The van der Waals surface area contributed by atoms with Gasteiger partial charge in [-0.1, -0.05) is 13.8 Å². The normalized spacial score (nSPS) is 20.9. The van der Waals surface area contributed by atoms with Crippen LogP contribution in [0.2, 0.25) is 0 Å². The summed E-state index contributed by atoms with van der Waals surface area (Å²) in [5.41, 5.74) is 1.17. The predicted molar refractivity (Wildman–Crippen MR) is 53.8 cm³/mol. The Bertz CT molecular complexity index is 298. The first-order chi connectivity index (χ1) is 6.61. The molecule has 3 heteroatoms. The minimum absolute atomic E-state index is 0.0781. The van der Waals surface area contributed by atoms with Gasteiger partial charge in [-0.25, -0.2) is 0 Å². The molecule has 1 aliphatic carbocycles. The fraction of sp³-hybridized carbons (Fsp3) is 0.545. The van der Waals surface area contributed by atoms with E-state index in [2.05, 4.69) is 0 Å². The highest BCUT2D eigenvalue weighted by Crippen LogP contribution is 2.30. The molecule has 3 nitrogen and oxygen atoms in total. The Hall–Kier alpha value is -1.25. The van der Waals surface area contributed by atoms with Crippen LogP contribution in [0.1, 0.15) is 26.7 Å². The zero-order valence-electron chi connectivity index (χ0n) is 8.83. The van der Waals surface area contributed by atoms with Crippen molar-refractivity contribution in [2.45, 2.75) is 26.7 Å². The molecule has 0 fully saturated rings. The number of methoxy groups -OCH3 is 1. The summed E-state index contributed by atoms with van der Waals surface area (Å²) in [6.07, 6.45) is 2.17. The number of hydrogen-bond acceptors (Lipinski definition) is 3. The van der Waals surface area contributed by atoms with Gasteiger partial charge in [-0.15, -0.1) is 0 Å². The maximum absolute atomic E-state index is 11.8. The Balaban J connectivity index is 3.11. The van der Waals surface area contributed by atoms with E-state index in [-0.39, 0.29) is 11.7 Å². The van der Waals surface area contributed by atoms with Crippen molar-refractivity contribution in [1.82, 2.24) is 0 Å². The second kappa shape index (κ2) is 4.31. The van der Waals surface area contributed by atoms with Gasteiger partial charge >= 0.3 is 0 Å². The lowest BCUT2D eigenvalue weighted by Gasteiger charge is -2.22. The van der Waals surface area contributed by atoms with E-state index in [1.165, 1.54) is 0 Å². The number of allylic oxidation sites excluding steroid dienone is 3. The monoisotopic (exact) mass is 196 g/mol. The molecule has 1 rings (SSSR count). The molecule has 0 aromatic heterocycles. The summed E-state index contributed by atoms with van der Waals surface area (Å²) in [4.78, 5) is 11.8. The van der Waals surface area contributed by atoms with Crippen LogP contribution in [-0.4, -0.2) is 18.0 Å². The number of carbonyl (C=O) groups excluding carboxylic acids is 1. The van der Waals surface area contributed by atoms with E-state index in [1.807, 2.05) is 13.8 Å². The smallest absolute Gasteiger partial charge is 0.191 e. The predicted octanol–water partition coefficient (Wildman–Crippen LogP) is 2.35. The Morgan fingerprint density at radius 2 is 2.07 bits per heavy atom. The van der Waals surface area contributed by atoms with E-state index < -0.39 is 0 Å². The van der Waals surface area contributed by atoms with E-state index in [4.69, 9.17) is 9.84 Å². The average molecular weight is 196 g/mol. The van der Waals surface area contributed by atoms with Crippen LogP contribution in [0.25, 0.3) is 0 Å². The summed E-state index contributed by atoms with van der Waals surface area (Å²) in [7, 11) is 1.58. The van der Waals surface area contributed by atoms with Gasteiger partial charge in [0.15, 0.2) is 5.78 Å². The molecule has 0 aromatic carbocycles. The molecule has 0 aliphatic heterocycles. The number of hydrogen-bond donors (Lipinski definition) is 1. The number of aliphatic hydroxyl groups is 1. The minimum Gasteiger partial charge on any atom is -0.515 e. The van der Waals surface area contributed by atoms with Gasteiger partial charge in [0.05, 0.1) is 13.4 Å². The number of rotatable bonds is 2. The van der Waals surface area contributed by atoms with Gasteiger partial charge < -0.3 is 9.84 Å². The van der Waals surface area contributed by atoms with Crippen molar-refractivity contribution in [2.24, 2.45) is 5.92 Å². The number of ketones is 1. The number of Topliss-reactive ketones (excluding diaryl/α,β-unsaturated/α-hetero) is 1. The van der Waals surface area contributed by atoms with Crippen LogP contribution in [0, 0.1) is 5.92 Å². The van der Waals surface area contributed by atoms with Gasteiger partial charge in [0.2, 0.25) is 0 Å². The Kier molecular flexibility index (Phi) is 3.33. The minimum atomic E-state index is -0.0781. The van der Waals surface area contributed by atoms with Crippen molar-refractivity contribution in [2.75, 3.05) is 7.11 Å². The van der Waals surface area contributed by atoms with E-state index >= 15 is 0 Å². The maximum atomic E-state index is 11.8. The van der Waals surface area contributed by atoms with Crippen molar-refractivity contribution in [3.8, 4) is 0 Å². The zero-order chi connectivity index (χ0) is 10.7. The molecule has 78 valence electrons. The molecule has 1 aliphatic rings. The second-order valence-electron chi connectivity index (χ2n) is 3.68. The van der Waals surface area contributed by atoms with Crippen LogP contribution < -0.4 is 0 Å². The van der Waals surface area contributed by atoms with Crippen molar-refractivity contribution in [1.29, 1.82) is 0 Å². The largest absolute Gasteiger partial charge is 0.515 e.